The summed E-state index contributed by atoms with van der Waals surface area (Å²) >= 11 is 1.40. The summed E-state index contributed by atoms with van der Waals surface area (Å²) in [5.74, 6) is 0.277. The average Bonchev–Trinajstić information content (AvgIpc) is 2.53. The zero-order chi connectivity index (χ0) is 15.9. The highest BCUT2D eigenvalue weighted by Gasteiger charge is 2.17. The second-order valence-electron chi connectivity index (χ2n) is 5.56. The van der Waals surface area contributed by atoms with E-state index in [2.05, 4.69) is 5.43 Å². The molecule has 1 saturated heterocycles. The quantitative estimate of drug-likeness (QED) is 0.843. The van der Waals surface area contributed by atoms with Crippen LogP contribution >= 0.6 is 11.8 Å². The summed E-state index contributed by atoms with van der Waals surface area (Å²) in [7, 11) is 3.47. The molecule has 0 atom stereocenters. The summed E-state index contributed by atoms with van der Waals surface area (Å²) in [4.78, 5) is 26.6. The number of amides is 2. The van der Waals surface area contributed by atoms with Gasteiger partial charge in [0.15, 0.2) is 0 Å². The molecule has 120 valence electrons. The van der Waals surface area contributed by atoms with Crippen molar-refractivity contribution in [2.45, 2.75) is 24.2 Å². The highest BCUT2D eigenvalue weighted by Crippen LogP contribution is 2.23. The minimum atomic E-state index is -0.0951. The number of carbonyl (C=O) groups excluding carboxylic acids is 2. The average molecular weight is 321 g/mol. The van der Waals surface area contributed by atoms with Crippen LogP contribution in [-0.2, 0) is 4.79 Å². The number of rotatable bonds is 5. The van der Waals surface area contributed by atoms with Crippen LogP contribution in [0.4, 0.5) is 0 Å². The number of carbonyl (C=O) groups is 2. The van der Waals surface area contributed by atoms with Gasteiger partial charge in [-0.2, -0.15) is 0 Å². The Balaban J connectivity index is 2.00. The van der Waals surface area contributed by atoms with E-state index in [1.54, 1.807) is 19.0 Å². The minimum absolute atomic E-state index is 0.0382. The lowest BCUT2D eigenvalue weighted by molar-refractivity contribution is -0.125. The summed E-state index contributed by atoms with van der Waals surface area (Å²) in [6.07, 6.45) is 3.47. The predicted octanol–water partition coefficient (Wildman–Crippen LogP) is 2.00. The molecular formula is C16H23N3O2S. The van der Waals surface area contributed by atoms with Crippen molar-refractivity contribution in [3.63, 3.8) is 0 Å². The number of piperidine rings is 1. The van der Waals surface area contributed by atoms with E-state index in [1.165, 1.54) is 18.2 Å². The van der Waals surface area contributed by atoms with E-state index >= 15 is 0 Å². The van der Waals surface area contributed by atoms with Crippen molar-refractivity contribution in [3.8, 4) is 0 Å². The Kier molecular flexibility index (Phi) is 6.27. The molecule has 22 heavy (non-hydrogen) atoms. The van der Waals surface area contributed by atoms with E-state index < -0.39 is 0 Å². The second-order valence-corrected chi connectivity index (χ2v) is 6.58. The Bertz CT molecular complexity index is 528. The molecular weight excluding hydrogens is 298 g/mol. The zero-order valence-corrected chi connectivity index (χ0v) is 14.0. The Morgan fingerprint density at radius 3 is 2.55 bits per heavy atom. The van der Waals surface area contributed by atoms with Crippen LogP contribution in [0.5, 0.6) is 0 Å². The fraction of sp³-hybridized carbons (Fsp3) is 0.500. The van der Waals surface area contributed by atoms with Crippen molar-refractivity contribution in [2.75, 3.05) is 32.9 Å². The van der Waals surface area contributed by atoms with Crippen LogP contribution in [0.2, 0.25) is 0 Å². The molecule has 1 heterocycles. The molecule has 0 saturated carbocycles. The number of hydrazine groups is 1. The van der Waals surface area contributed by atoms with Gasteiger partial charge in [0, 0.05) is 32.1 Å². The molecule has 6 heteroatoms. The lowest BCUT2D eigenvalue weighted by Gasteiger charge is -2.27. The van der Waals surface area contributed by atoms with Crippen molar-refractivity contribution < 1.29 is 9.59 Å². The first kappa shape index (κ1) is 16.8. The van der Waals surface area contributed by atoms with Gasteiger partial charge in [0.2, 0.25) is 5.91 Å². The van der Waals surface area contributed by atoms with Crippen LogP contribution in [0, 0.1) is 0 Å². The van der Waals surface area contributed by atoms with Gasteiger partial charge >= 0.3 is 0 Å². The molecule has 2 amide bonds. The van der Waals surface area contributed by atoms with Gasteiger partial charge in [0.1, 0.15) is 0 Å². The molecule has 1 fully saturated rings. The topological polar surface area (TPSA) is 52.7 Å². The Labute approximate surface area is 136 Å². The fourth-order valence-electron chi connectivity index (χ4n) is 2.26. The van der Waals surface area contributed by atoms with Gasteiger partial charge in [-0.05, 0) is 25.0 Å². The van der Waals surface area contributed by atoms with Gasteiger partial charge in [-0.25, -0.2) is 5.01 Å². The number of thioether (sulfide) groups is 1. The van der Waals surface area contributed by atoms with Crippen LogP contribution in [0.25, 0.3) is 0 Å². The van der Waals surface area contributed by atoms with Crippen LogP contribution in [0.15, 0.2) is 29.2 Å². The monoisotopic (exact) mass is 321 g/mol. The van der Waals surface area contributed by atoms with E-state index in [4.69, 9.17) is 0 Å². The molecule has 0 spiro atoms. The molecule has 0 aromatic heterocycles. The Hall–Kier alpha value is -1.53. The van der Waals surface area contributed by atoms with Crippen molar-refractivity contribution in [2.24, 2.45) is 0 Å². The van der Waals surface area contributed by atoms with Gasteiger partial charge in [-0.15, -0.1) is 11.8 Å². The first-order valence-electron chi connectivity index (χ1n) is 7.56. The number of benzene rings is 1. The molecule has 1 aromatic carbocycles. The maximum Gasteiger partial charge on any atom is 0.266 e. The van der Waals surface area contributed by atoms with Crippen molar-refractivity contribution in [1.82, 2.24) is 15.3 Å². The van der Waals surface area contributed by atoms with Crippen LogP contribution < -0.4 is 5.43 Å². The molecule has 0 bridgehead atoms. The van der Waals surface area contributed by atoms with Crippen molar-refractivity contribution in [1.29, 1.82) is 0 Å². The molecule has 0 radical (unpaired) electrons. The summed E-state index contributed by atoms with van der Waals surface area (Å²) in [5, 5.41) is 1.98. The van der Waals surface area contributed by atoms with Crippen molar-refractivity contribution in [3.05, 3.63) is 29.8 Å². The van der Waals surface area contributed by atoms with Gasteiger partial charge in [-0.1, -0.05) is 18.6 Å². The zero-order valence-electron chi connectivity index (χ0n) is 13.2. The largest absolute Gasteiger partial charge is 0.348 e. The molecule has 0 unspecified atom stereocenters. The van der Waals surface area contributed by atoms with Gasteiger partial charge in [0.25, 0.3) is 5.91 Å². The summed E-state index contributed by atoms with van der Waals surface area (Å²) < 4.78 is 0. The molecule has 1 aliphatic heterocycles. The van der Waals surface area contributed by atoms with Gasteiger partial charge in [0.05, 0.1) is 11.3 Å². The third-order valence-electron chi connectivity index (χ3n) is 3.60. The van der Waals surface area contributed by atoms with E-state index in [0.717, 1.165) is 30.8 Å². The number of hydrogen-bond acceptors (Lipinski definition) is 4. The SMILES string of the molecule is CN(C)C(=O)CSc1ccccc1C(=O)NN1CCCCC1. The Morgan fingerprint density at radius 2 is 1.86 bits per heavy atom. The minimum Gasteiger partial charge on any atom is -0.348 e. The fourth-order valence-corrected chi connectivity index (χ4v) is 3.29. The third-order valence-corrected chi connectivity index (χ3v) is 4.66. The molecule has 1 aliphatic rings. The molecule has 2 rings (SSSR count). The standard InChI is InChI=1S/C16H23N3O2S/c1-18(2)15(20)12-22-14-9-5-4-8-13(14)16(21)17-19-10-6-3-7-11-19/h4-5,8-9H,3,6-7,10-12H2,1-2H3,(H,17,21). The molecule has 0 aliphatic carbocycles. The van der Waals surface area contributed by atoms with E-state index in [9.17, 15) is 9.59 Å². The summed E-state index contributed by atoms with van der Waals surface area (Å²) in [6.45, 7) is 1.81. The maximum atomic E-state index is 12.5. The highest BCUT2D eigenvalue weighted by molar-refractivity contribution is 8.00. The maximum absolute atomic E-state index is 12.5. The molecule has 1 aromatic rings. The van der Waals surface area contributed by atoms with E-state index in [-0.39, 0.29) is 11.8 Å². The van der Waals surface area contributed by atoms with Gasteiger partial charge < -0.3 is 4.90 Å². The van der Waals surface area contributed by atoms with E-state index in [1.807, 2.05) is 29.3 Å². The van der Waals surface area contributed by atoms with Crippen LogP contribution in [-0.4, -0.2) is 54.7 Å². The van der Waals surface area contributed by atoms with Crippen molar-refractivity contribution >= 4 is 23.6 Å². The first-order chi connectivity index (χ1) is 10.6. The van der Waals surface area contributed by atoms with Crippen LogP contribution in [0.3, 0.4) is 0 Å². The van der Waals surface area contributed by atoms with E-state index in [0.29, 0.717) is 11.3 Å². The van der Waals surface area contributed by atoms with Gasteiger partial charge in [-0.3, -0.25) is 15.0 Å². The lowest BCUT2D eigenvalue weighted by Crippen LogP contribution is -2.45. The first-order valence-corrected chi connectivity index (χ1v) is 8.54. The Morgan fingerprint density at radius 1 is 1.18 bits per heavy atom. The summed E-state index contributed by atoms with van der Waals surface area (Å²) in [5.41, 5.74) is 3.60. The third kappa shape index (κ3) is 4.74. The smallest absolute Gasteiger partial charge is 0.266 e. The normalized spacial score (nSPS) is 15.4. The number of nitrogens with one attached hydrogen (secondary N) is 1. The number of hydrogen-bond donors (Lipinski definition) is 1. The number of nitrogens with zero attached hydrogens (tertiary/aromatic N) is 2. The lowest BCUT2D eigenvalue weighted by atomic mass is 10.1. The predicted molar refractivity (Wildman–Crippen MR) is 88.8 cm³/mol. The van der Waals surface area contributed by atoms with Crippen LogP contribution in [0.1, 0.15) is 29.6 Å². The molecule has 5 nitrogen and oxygen atoms in total. The second kappa shape index (κ2) is 8.19. The summed E-state index contributed by atoms with van der Waals surface area (Å²) in [6, 6.07) is 7.43. The highest BCUT2D eigenvalue weighted by atomic mass is 32.2. The molecule has 1 N–H and O–H groups in total.